The van der Waals surface area contributed by atoms with E-state index < -0.39 is 11.9 Å². The number of hydrogen-bond acceptors (Lipinski definition) is 0. The lowest BCUT2D eigenvalue weighted by molar-refractivity contribution is -0.142. The predicted octanol–water partition coefficient (Wildman–Crippen LogP) is 4.16. The van der Waals surface area contributed by atoms with Crippen LogP contribution in [0.1, 0.15) is 11.3 Å². The lowest BCUT2D eigenvalue weighted by Gasteiger charge is -2.09. The average molecular weight is 248 g/mol. The lowest BCUT2D eigenvalue weighted by Crippen LogP contribution is -2.10. The van der Waals surface area contributed by atoms with Crippen LogP contribution in [0.3, 0.4) is 0 Å². The molecular weight excluding hydrogens is 239 g/mol. The molecule has 0 saturated carbocycles. The Morgan fingerprint density at radius 1 is 1.25 bits per heavy atom. The number of benzene rings is 1. The fourth-order valence-electron chi connectivity index (χ4n) is 1.89. The van der Waals surface area contributed by atoms with E-state index >= 15 is 0 Å². The van der Waals surface area contributed by atoms with Crippen molar-refractivity contribution in [2.75, 3.05) is 0 Å². The van der Waals surface area contributed by atoms with Gasteiger partial charge in [-0.1, -0.05) is 17.7 Å². The van der Waals surface area contributed by atoms with Crippen LogP contribution in [0.5, 0.6) is 0 Å². The zero-order chi connectivity index (χ0) is 12.1. The summed E-state index contributed by atoms with van der Waals surface area (Å²) in [6, 6.07) is 4.35. The number of alkyl halides is 3. The molecule has 16 heavy (non-hydrogen) atoms. The van der Waals surface area contributed by atoms with Crippen LogP contribution < -0.4 is 0 Å². The van der Waals surface area contributed by atoms with Gasteiger partial charge in [0.2, 0.25) is 0 Å². The summed E-state index contributed by atoms with van der Waals surface area (Å²) in [6.45, 7) is 1.71. The Bertz CT molecular complexity index is 554. The van der Waals surface area contributed by atoms with Crippen molar-refractivity contribution in [3.05, 3.63) is 34.5 Å². The molecular formula is C11H9ClF3N. The first-order valence-electron chi connectivity index (χ1n) is 4.64. The summed E-state index contributed by atoms with van der Waals surface area (Å²) in [5, 5.41) is 1.03. The van der Waals surface area contributed by atoms with Gasteiger partial charge in [-0.2, -0.15) is 13.2 Å². The van der Waals surface area contributed by atoms with Crippen molar-refractivity contribution in [3.63, 3.8) is 0 Å². The zero-order valence-corrected chi connectivity index (χ0v) is 9.45. The van der Waals surface area contributed by atoms with Crippen LogP contribution in [-0.4, -0.2) is 4.57 Å². The molecule has 0 aliphatic carbocycles. The molecule has 86 valence electrons. The number of aromatic nitrogens is 1. The average Bonchev–Trinajstić information content (AvgIpc) is 2.50. The fourth-order valence-corrected chi connectivity index (χ4v) is 2.05. The van der Waals surface area contributed by atoms with E-state index in [-0.39, 0.29) is 0 Å². The van der Waals surface area contributed by atoms with E-state index in [1.165, 1.54) is 7.05 Å². The van der Waals surface area contributed by atoms with Gasteiger partial charge in [-0.15, -0.1) is 0 Å². The van der Waals surface area contributed by atoms with Crippen LogP contribution in [0, 0.1) is 6.92 Å². The monoisotopic (exact) mass is 247 g/mol. The molecule has 0 saturated heterocycles. The molecule has 2 rings (SSSR count). The lowest BCUT2D eigenvalue weighted by atomic mass is 10.1. The van der Waals surface area contributed by atoms with Gasteiger partial charge in [0.1, 0.15) is 5.69 Å². The van der Waals surface area contributed by atoms with Crippen LogP contribution in [-0.2, 0) is 13.2 Å². The highest BCUT2D eigenvalue weighted by Crippen LogP contribution is 2.35. The topological polar surface area (TPSA) is 4.93 Å². The summed E-state index contributed by atoms with van der Waals surface area (Å²) < 4.78 is 39.1. The molecule has 0 N–H and O–H groups in total. The minimum Gasteiger partial charge on any atom is -0.340 e. The molecule has 1 aromatic carbocycles. The first-order valence-corrected chi connectivity index (χ1v) is 5.02. The largest absolute Gasteiger partial charge is 0.431 e. The number of nitrogens with zero attached hydrogens (tertiary/aromatic N) is 1. The quantitative estimate of drug-likeness (QED) is 0.659. The molecule has 0 atom stereocenters. The second kappa shape index (κ2) is 3.42. The Labute approximate surface area is 95.4 Å². The van der Waals surface area contributed by atoms with Crippen molar-refractivity contribution >= 4 is 22.5 Å². The molecule has 0 aliphatic rings. The third kappa shape index (κ3) is 1.57. The Morgan fingerprint density at radius 2 is 1.88 bits per heavy atom. The van der Waals surface area contributed by atoms with E-state index in [0.717, 1.165) is 10.6 Å². The number of aryl methyl sites for hydroxylation is 2. The summed E-state index contributed by atoms with van der Waals surface area (Å²) in [5.41, 5.74) is 0.532. The standard InChI is InChI=1S/C11H9ClF3N/c1-6-8(12)4-3-7-5-9(11(13,14)15)16(2)10(6)7/h3-5H,1-2H3. The summed E-state index contributed by atoms with van der Waals surface area (Å²) in [5.74, 6) is 0. The molecule has 1 aromatic heterocycles. The van der Waals surface area contributed by atoms with Crippen molar-refractivity contribution < 1.29 is 13.2 Å². The third-order valence-corrected chi connectivity index (χ3v) is 3.08. The van der Waals surface area contributed by atoms with Gasteiger partial charge in [0.05, 0.1) is 5.52 Å². The van der Waals surface area contributed by atoms with Gasteiger partial charge in [-0.25, -0.2) is 0 Å². The molecule has 1 nitrogen and oxygen atoms in total. The Hall–Kier alpha value is -1.16. The number of fused-ring (bicyclic) bond motifs is 1. The van der Waals surface area contributed by atoms with Crippen molar-refractivity contribution in [3.8, 4) is 0 Å². The molecule has 1 heterocycles. The minimum atomic E-state index is -4.34. The van der Waals surface area contributed by atoms with Crippen LogP contribution in [0.25, 0.3) is 10.9 Å². The Morgan fingerprint density at radius 3 is 2.44 bits per heavy atom. The molecule has 2 aromatic rings. The first-order chi connectivity index (χ1) is 7.32. The zero-order valence-electron chi connectivity index (χ0n) is 8.69. The summed E-state index contributed by atoms with van der Waals surface area (Å²) in [4.78, 5) is 0. The summed E-state index contributed by atoms with van der Waals surface area (Å²) >= 11 is 5.89. The smallest absolute Gasteiger partial charge is 0.340 e. The SMILES string of the molecule is Cc1c(Cl)ccc2cc(C(F)(F)F)n(C)c12. The van der Waals surface area contributed by atoms with E-state index in [1.54, 1.807) is 19.1 Å². The third-order valence-electron chi connectivity index (χ3n) is 2.68. The van der Waals surface area contributed by atoms with Gasteiger partial charge in [-0.05, 0) is 24.6 Å². The second-order valence-electron chi connectivity index (χ2n) is 3.70. The van der Waals surface area contributed by atoms with E-state index in [2.05, 4.69) is 0 Å². The van der Waals surface area contributed by atoms with Gasteiger partial charge in [0.25, 0.3) is 0 Å². The number of hydrogen-bond donors (Lipinski definition) is 0. The van der Waals surface area contributed by atoms with Gasteiger partial charge >= 0.3 is 6.18 Å². The van der Waals surface area contributed by atoms with Crippen molar-refractivity contribution in [1.29, 1.82) is 0 Å². The van der Waals surface area contributed by atoms with Crippen LogP contribution in [0.4, 0.5) is 13.2 Å². The van der Waals surface area contributed by atoms with E-state index in [9.17, 15) is 13.2 Å². The van der Waals surface area contributed by atoms with E-state index in [0.29, 0.717) is 21.5 Å². The summed E-state index contributed by atoms with van der Waals surface area (Å²) in [7, 11) is 1.40. The number of halogens is 4. The van der Waals surface area contributed by atoms with Crippen LogP contribution in [0.2, 0.25) is 5.02 Å². The van der Waals surface area contributed by atoms with Gasteiger partial charge in [-0.3, -0.25) is 0 Å². The van der Waals surface area contributed by atoms with Crippen molar-refractivity contribution in [1.82, 2.24) is 4.57 Å². The highest BCUT2D eigenvalue weighted by molar-refractivity contribution is 6.32. The maximum absolute atomic E-state index is 12.7. The molecule has 0 amide bonds. The van der Waals surface area contributed by atoms with Gasteiger partial charge < -0.3 is 4.57 Å². The Kier molecular flexibility index (Phi) is 2.42. The highest BCUT2D eigenvalue weighted by atomic mass is 35.5. The molecule has 0 radical (unpaired) electrons. The maximum Gasteiger partial charge on any atom is 0.431 e. The van der Waals surface area contributed by atoms with E-state index in [4.69, 9.17) is 11.6 Å². The van der Waals surface area contributed by atoms with Crippen LogP contribution in [0.15, 0.2) is 18.2 Å². The van der Waals surface area contributed by atoms with Gasteiger partial charge in [0.15, 0.2) is 0 Å². The minimum absolute atomic E-state index is 0.474. The summed E-state index contributed by atoms with van der Waals surface area (Å²) in [6.07, 6.45) is -4.34. The molecule has 0 unspecified atom stereocenters. The van der Waals surface area contributed by atoms with Crippen molar-refractivity contribution in [2.24, 2.45) is 7.05 Å². The van der Waals surface area contributed by atoms with Gasteiger partial charge in [0, 0.05) is 17.5 Å². The molecule has 0 aliphatic heterocycles. The number of rotatable bonds is 0. The second-order valence-corrected chi connectivity index (χ2v) is 4.10. The molecule has 0 bridgehead atoms. The Balaban J connectivity index is 2.85. The fraction of sp³-hybridized carbons (Fsp3) is 0.273. The van der Waals surface area contributed by atoms with E-state index in [1.807, 2.05) is 0 Å². The normalized spacial score (nSPS) is 12.4. The first kappa shape index (κ1) is 11.3. The molecule has 5 heteroatoms. The van der Waals surface area contributed by atoms with Crippen molar-refractivity contribution in [2.45, 2.75) is 13.1 Å². The molecule has 0 spiro atoms. The maximum atomic E-state index is 12.7. The predicted molar refractivity (Wildman–Crippen MR) is 57.7 cm³/mol. The van der Waals surface area contributed by atoms with Crippen LogP contribution >= 0.6 is 11.6 Å². The molecule has 0 fully saturated rings. The highest BCUT2D eigenvalue weighted by Gasteiger charge is 2.34.